The van der Waals surface area contributed by atoms with Crippen LogP contribution in [-0.4, -0.2) is 33.0 Å². The first-order valence-electron chi connectivity index (χ1n) is 4.36. The van der Waals surface area contributed by atoms with E-state index < -0.39 is 9.05 Å². The highest BCUT2D eigenvalue weighted by Gasteiger charge is 2.18. The summed E-state index contributed by atoms with van der Waals surface area (Å²) in [6.07, 6.45) is 2.72. The zero-order valence-electron chi connectivity index (χ0n) is 7.61. The average Bonchev–Trinajstić information content (AvgIpc) is 2.47. The summed E-state index contributed by atoms with van der Waals surface area (Å²) in [7, 11) is 1.59. The topological polar surface area (TPSA) is 37.4 Å². The van der Waals surface area contributed by atoms with Gasteiger partial charge in [-0.05, 0) is 25.4 Å². The van der Waals surface area contributed by atoms with Crippen LogP contribution in [0.25, 0.3) is 0 Å². The van der Waals surface area contributed by atoms with Crippen LogP contribution in [0.4, 0.5) is 0 Å². The van der Waals surface area contributed by atoms with E-state index in [2.05, 4.69) is 11.8 Å². The van der Waals surface area contributed by atoms with Crippen LogP contribution in [0, 0.1) is 5.92 Å². The van der Waals surface area contributed by atoms with Gasteiger partial charge < -0.3 is 4.90 Å². The molecule has 0 bridgehead atoms. The van der Waals surface area contributed by atoms with Crippen LogP contribution < -0.4 is 0 Å². The minimum absolute atomic E-state index is 0.341. The molecule has 1 saturated heterocycles. The quantitative estimate of drug-likeness (QED) is 0.679. The number of hydrogen-bond acceptors (Lipinski definition) is 3. The molecule has 0 amide bonds. The molecule has 1 rings (SSSR count). The lowest BCUT2D eigenvalue weighted by Gasteiger charge is -2.10. The van der Waals surface area contributed by atoms with Crippen LogP contribution >= 0.6 is 10.7 Å². The van der Waals surface area contributed by atoms with E-state index in [4.69, 9.17) is 10.7 Å². The fourth-order valence-electron chi connectivity index (χ4n) is 1.51. The van der Waals surface area contributed by atoms with Gasteiger partial charge in [-0.3, -0.25) is 0 Å². The number of hydrogen-bond donors (Lipinski definition) is 0. The third kappa shape index (κ3) is 4.11. The largest absolute Gasteiger partial charge is 0.303 e. The summed E-state index contributed by atoms with van der Waals surface area (Å²) in [6, 6.07) is 0. The van der Waals surface area contributed by atoms with Crippen LogP contribution in [0.5, 0.6) is 0 Å². The molecule has 0 spiro atoms. The van der Waals surface area contributed by atoms with Gasteiger partial charge in [-0.1, -0.05) is 13.0 Å². The summed E-state index contributed by atoms with van der Waals surface area (Å²) in [5, 5.41) is 1.10. The van der Waals surface area contributed by atoms with Crippen molar-refractivity contribution in [2.24, 2.45) is 5.92 Å². The minimum atomic E-state index is -3.46. The van der Waals surface area contributed by atoms with Gasteiger partial charge in [0.1, 0.15) is 0 Å². The summed E-state index contributed by atoms with van der Waals surface area (Å²) in [4.78, 5) is 2.29. The molecule has 1 aliphatic rings. The maximum absolute atomic E-state index is 10.6. The fraction of sp³-hybridized carbons (Fsp3) is 0.750. The molecule has 0 aromatic rings. The Balaban J connectivity index is 2.45. The molecule has 76 valence electrons. The predicted molar refractivity (Wildman–Crippen MR) is 54.1 cm³/mol. The van der Waals surface area contributed by atoms with Crippen molar-refractivity contribution < 1.29 is 8.42 Å². The van der Waals surface area contributed by atoms with E-state index in [1.807, 2.05) is 0 Å². The van der Waals surface area contributed by atoms with Gasteiger partial charge in [0, 0.05) is 22.6 Å². The lowest BCUT2D eigenvalue weighted by molar-refractivity contribution is 0.351. The minimum Gasteiger partial charge on any atom is -0.303 e. The Hall–Kier alpha value is -0.0600. The monoisotopic (exact) mass is 223 g/mol. The van der Waals surface area contributed by atoms with Crippen molar-refractivity contribution in [3.05, 3.63) is 11.5 Å². The molecule has 0 saturated carbocycles. The van der Waals surface area contributed by atoms with Gasteiger partial charge in [0.05, 0.1) is 0 Å². The van der Waals surface area contributed by atoms with Crippen molar-refractivity contribution in [2.75, 3.05) is 19.6 Å². The Morgan fingerprint density at radius 1 is 1.62 bits per heavy atom. The fourth-order valence-corrected chi connectivity index (χ4v) is 2.10. The molecule has 1 aliphatic heterocycles. The smallest absolute Gasteiger partial charge is 0.254 e. The van der Waals surface area contributed by atoms with Crippen LogP contribution in [0.15, 0.2) is 11.5 Å². The summed E-state index contributed by atoms with van der Waals surface area (Å²) in [5.41, 5.74) is 0. The lowest BCUT2D eigenvalue weighted by atomic mass is 10.1. The van der Waals surface area contributed by atoms with E-state index in [1.165, 1.54) is 0 Å². The molecule has 0 radical (unpaired) electrons. The van der Waals surface area contributed by atoms with Crippen LogP contribution in [0.1, 0.15) is 13.3 Å². The SMILES string of the molecule is CCN1CCC(/C=C\S(=O)(=O)Cl)C1. The van der Waals surface area contributed by atoms with Crippen LogP contribution in [-0.2, 0) is 9.05 Å². The number of halogens is 1. The third-order valence-electron chi connectivity index (χ3n) is 2.27. The Bertz CT molecular complexity index is 287. The Kier molecular flexibility index (Phi) is 3.76. The zero-order chi connectivity index (χ0) is 9.90. The number of nitrogens with zero attached hydrogens (tertiary/aromatic N) is 1. The van der Waals surface area contributed by atoms with Crippen molar-refractivity contribution >= 4 is 19.7 Å². The van der Waals surface area contributed by atoms with E-state index in [0.29, 0.717) is 5.92 Å². The van der Waals surface area contributed by atoms with Crippen molar-refractivity contribution in [1.29, 1.82) is 0 Å². The highest BCUT2D eigenvalue weighted by molar-refractivity contribution is 8.16. The zero-order valence-corrected chi connectivity index (χ0v) is 9.18. The molecule has 5 heteroatoms. The molecule has 0 aromatic heterocycles. The van der Waals surface area contributed by atoms with Crippen molar-refractivity contribution in [3.8, 4) is 0 Å². The standard InChI is InChI=1S/C8H14ClNO2S/c1-2-10-5-3-8(7-10)4-6-13(9,11)12/h4,6,8H,2-3,5,7H2,1H3/b6-4-. The molecule has 13 heavy (non-hydrogen) atoms. The normalized spacial score (nSPS) is 25.8. The average molecular weight is 224 g/mol. The summed E-state index contributed by atoms with van der Waals surface area (Å²) in [6.45, 7) is 5.12. The van der Waals surface area contributed by atoms with E-state index in [-0.39, 0.29) is 0 Å². The molecule has 0 aromatic carbocycles. The van der Waals surface area contributed by atoms with Gasteiger partial charge >= 0.3 is 0 Å². The van der Waals surface area contributed by atoms with Gasteiger partial charge in [-0.2, -0.15) is 0 Å². The number of likely N-dealkylation sites (tertiary alicyclic amines) is 1. The molecule has 1 atom stereocenters. The summed E-state index contributed by atoms with van der Waals surface area (Å²) >= 11 is 0. The molecule has 3 nitrogen and oxygen atoms in total. The van der Waals surface area contributed by atoms with Crippen LogP contribution in [0.3, 0.4) is 0 Å². The van der Waals surface area contributed by atoms with Gasteiger partial charge in [-0.15, -0.1) is 0 Å². The molecule has 0 aliphatic carbocycles. The lowest BCUT2D eigenvalue weighted by Crippen LogP contribution is -2.19. The first-order chi connectivity index (χ1) is 6.01. The number of rotatable bonds is 3. The second-order valence-electron chi connectivity index (χ2n) is 3.25. The molecular weight excluding hydrogens is 210 g/mol. The summed E-state index contributed by atoms with van der Waals surface area (Å²) < 4.78 is 21.2. The maximum atomic E-state index is 10.6. The van der Waals surface area contributed by atoms with Gasteiger partial charge in [0.15, 0.2) is 0 Å². The van der Waals surface area contributed by atoms with Crippen molar-refractivity contribution in [3.63, 3.8) is 0 Å². The first-order valence-corrected chi connectivity index (χ1v) is 6.73. The van der Waals surface area contributed by atoms with Gasteiger partial charge in [-0.25, -0.2) is 8.42 Å². The van der Waals surface area contributed by atoms with E-state index >= 15 is 0 Å². The highest BCUT2D eigenvalue weighted by atomic mass is 35.7. The van der Waals surface area contributed by atoms with Gasteiger partial charge in [0.25, 0.3) is 9.05 Å². The molecule has 1 unspecified atom stereocenters. The van der Waals surface area contributed by atoms with Crippen molar-refractivity contribution in [2.45, 2.75) is 13.3 Å². The highest BCUT2D eigenvalue weighted by Crippen LogP contribution is 2.17. The Morgan fingerprint density at radius 2 is 2.31 bits per heavy atom. The molecule has 1 heterocycles. The predicted octanol–water partition coefficient (Wildman–Crippen LogP) is 1.41. The third-order valence-corrected chi connectivity index (χ3v) is 3.06. The Labute approximate surface area is 83.8 Å². The summed E-state index contributed by atoms with van der Waals surface area (Å²) in [5.74, 6) is 0.341. The van der Waals surface area contributed by atoms with Gasteiger partial charge in [0.2, 0.25) is 0 Å². The second-order valence-corrected chi connectivity index (χ2v) is 5.76. The molecular formula is C8H14ClNO2S. The van der Waals surface area contributed by atoms with E-state index in [0.717, 1.165) is 31.5 Å². The van der Waals surface area contributed by atoms with Crippen LogP contribution in [0.2, 0.25) is 0 Å². The van der Waals surface area contributed by atoms with E-state index in [9.17, 15) is 8.42 Å². The first kappa shape index (κ1) is 11.0. The maximum Gasteiger partial charge on any atom is 0.254 e. The van der Waals surface area contributed by atoms with Crippen molar-refractivity contribution in [1.82, 2.24) is 4.90 Å². The molecule has 1 fully saturated rings. The second kappa shape index (κ2) is 4.44. The van der Waals surface area contributed by atoms with E-state index in [1.54, 1.807) is 6.08 Å². The Morgan fingerprint density at radius 3 is 2.77 bits per heavy atom. The molecule has 0 N–H and O–H groups in total.